The van der Waals surface area contributed by atoms with E-state index < -0.39 is 0 Å². The number of imidazole rings is 1. The minimum absolute atomic E-state index is 0.440. The van der Waals surface area contributed by atoms with Crippen LogP contribution in [0.2, 0.25) is 0 Å². The molecular weight excluding hydrogens is 240 g/mol. The molecule has 1 aliphatic rings. The summed E-state index contributed by atoms with van der Waals surface area (Å²) in [6.45, 7) is 7.18. The van der Waals surface area contributed by atoms with Crippen LogP contribution in [-0.4, -0.2) is 38.7 Å². The Morgan fingerprint density at radius 3 is 3.00 bits per heavy atom. The van der Waals surface area contributed by atoms with E-state index in [0.29, 0.717) is 6.04 Å². The first-order valence-corrected chi connectivity index (χ1v) is 7.00. The minimum atomic E-state index is 0.440. The molecule has 3 rings (SSSR count). The number of nitrogens with zero attached hydrogens (tertiary/aromatic N) is 4. The summed E-state index contributed by atoms with van der Waals surface area (Å²) in [5, 5.41) is 6.83. The second kappa shape index (κ2) is 5.13. The molecule has 0 aliphatic carbocycles. The van der Waals surface area contributed by atoms with Gasteiger partial charge in [-0.3, -0.25) is 0 Å². The van der Waals surface area contributed by atoms with Gasteiger partial charge in [-0.2, -0.15) is 0 Å². The average Bonchev–Trinajstić information content (AvgIpc) is 3.05. The first-order valence-electron chi connectivity index (χ1n) is 7.00. The molecule has 2 aromatic rings. The van der Waals surface area contributed by atoms with Gasteiger partial charge in [0.05, 0.1) is 0 Å². The van der Waals surface area contributed by atoms with Gasteiger partial charge >= 0.3 is 0 Å². The Bertz CT molecular complexity index is 570. The smallest absolute Gasteiger partial charge is 0.165 e. The molecule has 0 unspecified atom stereocenters. The van der Waals surface area contributed by atoms with Gasteiger partial charge in [0.15, 0.2) is 17.0 Å². The van der Waals surface area contributed by atoms with Crippen LogP contribution in [0.25, 0.3) is 11.2 Å². The Morgan fingerprint density at radius 2 is 2.32 bits per heavy atom. The topological polar surface area (TPSA) is 67.7 Å². The summed E-state index contributed by atoms with van der Waals surface area (Å²) in [5.74, 6) is 1.94. The first kappa shape index (κ1) is 12.3. The molecule has 102 valence electrons. The van der Waals surface area contributed by atoms with Crippen molar-refractivity contribution in [3.8, 4) is 0 Å². The molecule has 2 N–H and O–H groups in total. The number of aryl methyl sites for hydroxylation is 2. The Morgan fingerprint density at radius 1 is 1.42 bits per heavy atom. The summed E-state index contributed by atoms with van der Waals surface area (Å²) >= 11 is 0. The molecule has 0 aromatic carbocycles. The number of nitrogens with one attached hydrogen (secondary N) is 2. The van der Waals surface area contributed by atoms with Crippen molar-refractivity contribution in [1.29, 1.82) is 0 Å². The largest absolute Gasteiger partial charge is 0.364 e. The van der Waals surface area contributed by atoms with Gasteiger partial charge in [-0.1, -0.05) is 6.92 Å². The lowest BCUT2D eigenvalue weighted by Gasteiger charge is -2.11. The number of hydrogen-bond acceptors (Lipinski definition) is 5. The van der Waals surface area contributed by atoms with Crippen LogP contribution in [0.3, 0.4) is 0 Å². The van der Waals surface area contributed by atoms with Crippen LogP contribution in [0.5, 0.6) is 0 Å². The van der Waals surface area contributed by atoms with E-state index in [-0.39, 0.29) is 0 Å². The van der Waals surface area contributed by atoms with E-state index in [9.17, 15) is 0 Å². The normalized spacial score (nSPS) is 19.2. The maximum atomic E-state index is 4.70. The van der Waals surface area contributed by atoms with Crippen LogP contribution in [-0.2, 0) is 13.0 Å². The van der Waals surface area contributed by atoms with Gasteiger partial charge in [-0.15, -0.1) is 0 Å². The van der Waals surface area contributed by atoms with Crippen molar-refractivity contribution in [3.05, 3.63) is 12.2 Å². The van der Waals surface area contributed by atoms with Gasteiger partial charge in [0, 0.05) is 25.6 Å². The van der Waals surface area contributed by atoms with Gasteiger partial charge in [-0.25, -0.2) is 15.0 Å². The van der Waals surface area contributed by atoms with Crippen molar-refractivity contribution in [2.45, 2.75) is 39.3 Å². The van der Waals surface area contributed by atoms with Crippen LogP contribution in [0, 0.1) is 0 Å². The van der Waals surface area contributed by atoms with Gasteiger partial charge in [-0.05, 0) is 19.9 Å². The van der Waals surface area contributed by atoms with Crippen molar-refractivity contribution in [1.82, 2.24) is 24.8 Å². The predicted molar refractivity (Wildman–Crippen MR) is 75.3 cm³/mol. The molecule has 1 aliphatic heterocycles. The van der Waals surface area contributed by atoms with Crippen LogP contribution in [0.1, 0.15) is 26.1 Å². The summed E-state index contributed by atoms with van der Waals surface area (Å²) in [7, 11) is 0. The van der Waals surface area contributed by atoms with Crippen LogP contribution in [0.15, 0.2) is 6.33 Å². The molecule has 1 atom stereocenters. The van der Waals surface area contributed by atoms with E-state index in [1.165, 1.54) is 0 Å². The summed E-state index contributed by atoms with van der Waals surface area (Å²) in [4.78, 5) is 13.5. The van der Waals surface area contributed by atoms with E-state index in [4.69, 9.17) is 4.98 Å². The second-order valence-corrected chi connectivity index (χ2v) is 4.85. The van der Waals surface area contributed by atoms with E-state index in [2.05, 4.69) is 39.0 Å². The zero-order chi connectivity index (χ0) is 13.2. The molecule has 19 heavy (non-hydrogen) atoms. The number of hydrogen-bond donors (Lipinski definition) is 2. The highest BCUT2D eigenvalue weighted by Crippen LogP contribution is 2.21. The van der Waals surface area contributed by atoms with Gasteiger partial charge in [0.25, 0.3) is 0 Å². The summed E-state index contributed by atoms with van der Waals surface area (Å²) in [6.07, 6.45) is 3.66. The Kier molecular flexibility index (Phi) is 3.33. The lowest BCUT2D eigenvalue weighted by atomic mass is 10.2. The Hall–Kier alpha value is -1.69. The molecule has 0 radical (unpaired) electrons. The van der Waals surface area contributed by atoms with Gasteiger partial charge in [0.1, 0.15) is 12.2 Å². The molecule has 0 amide bonds. The lowest BCUT2D eigenvalue weighted by Crippen LogP contribution is -2.22. The Labute approximate surface area is 112 Å². The van der Waals surface area contributed by atoms with Crippen molar-refractivity contribution < 1.29 is 0 Å². The maximum absolute atomic E-state index is 4.70. The number of aromatic nitrogens is 4. The van der Waals surface area contributed by atoms with Gasteiger partial charge in [0.2, 0.25) is 0 Å². The summed E-state index contributed by atoms with van der Waals surface area (Å²) in [5.41, 5.74) is 1.83. The monoisotopic (exact) mass is 260 g/mol. The number of anilines is 1. The van der Waals surface area contributed by atoms with E-state index in [0.717, 1.165) is 55.3 Å². The molecule has 3 heterocycles. The highest BCUT2D eigenvalue weighted by molar-refractivity contribution is 5.83. The molecule has 1 fully saturated rings. The fourth-order valence-corrected chi connectivity index (χ4v) is 2.66. The number of fused-ring (bicyclic) bond motifs is 1. The molecular formula is C13H20N6. The fraction of sp³-hybridized carbons (Fsp3) is 0.615. The molecule has 6 heteroatoms. The zero-order valence-corrected chi connectivity index (χ0v) is 11.5. The summed E-state index contributed by atoms with van der Waals surface area (Å²) < 4.78 is 2.16. The van der Waals surface area contributed by atoms with E-state index in [1.807, 2.05) is 0 Å². The van der Waals surface area contributed by atoms with E-state index in [1.54, 1.807) is 6.33 Å². The summed E-state index contributed by atoms with van der Waals surface area (Å²) in [6, 6.07) is 0.440. The Balaban J connectivity index is 2.02. The molecule has 0 bridgehead atoms. The molecule has 0 spiro atoms. The highest BCUT2D eigenvalue weighted by Gasteiger charge is 2.18. The van der Waals surface area contributed by atoms with Gasteiger partial charge < -0.3 is 15.2 Å². The standard InChI is InChI=1S/C13H20N6/c1-3-10-18-11-12(17-9-5-6-14-7-9)15-8-16-13(11)19(10)4-2/h8-9,14H,3-7H2,1-2H3,(H,15,16,17)/t9-/m0/s1. The minimum Gasteiger partial charge on any atom is -0.364 e. The SMILES string of the molecule is CCc1nc2c(N[C@H]3CCNC3)ncnc2n1CC. The second-order valence-electron chi connectivity index (χ2n) is 4.85. The molecule has 1 saturated heterocycles. The molecule has 6 nitrogen and oxygen atoms in total. The van der Waals surface area contributed by atoms with Crippen LogP contribution < -0.4 is 10.6 Å². The zero-order valence-electron chi connectivity index (χ0n) is 11.5. The van der Waals surface area contributed by atoms with Crippen molar-refractivity contribution in [3.63, 3.8) is 0 Å². The van der Waals surface area contributed by atoms with Crippen molar-refractivity contribution in [2.75, 3.05) is 18.4 Å². The third-order valence-corrected chi connectivity index (χ3v) is 3.64. The number of rotatable bonds is 4. The van der Waals surface area contributed by atoms with Crippen molar-refractivity contribution in [2.24, 2.45) is 0 Å². The predicted octanol–water partition coefficient (Wildman–Crippen LogP) is 1.18. The highest BCUT2D eigenvalue weighted by atomic mass is 15.2. The van der Waals surface area contributed by atoms with Crippen LogP contribution >= 0.6 is 0 Å². The third-order valence-electron chi connectivity index (χ3n) is 3.64. The van der Waals surface area contributed by atoms with Crippen LogP contribution in [0.4, 0.5) is 5.82 Å². The molecule has 0 saturated carbocycles. The lowest BCUT2D eigenvalue weighted by molar-refractivity contribution is 0.719. The quantitative estimate of drug-likeness (QED) is 0.864. The first-order chi connectivity index (χ1) is 9.33. The third kappa shape index (κ3) is 2.16. The van der Waals surface area contributed by atoms with Crippen molar-refractivity contribution >= 4 is 17.0 Å². The van der Waals surface area contributed by atoms with E-state index >= 15 is 0 Å². The average molecular weight is 260 g/mol. The fourth-order valence-electron chi connectivity index (χ4n) is 2.66. The maximum Gasteiger partial charge on any atom is 0.165 e. The molecule has 2 aromatic heterocycles.